The second kappa shape index (κ2) is 4.51. The molecule has 0 amide bonds. The van der Waals surface area contributed by atoms with Crippen LogP contribution in [0.2, 0.25) is 5.82 Å². The average molecular weight is 178 g/mol. The van der Waals surface area contributed by atoms with Gasteiger partial charge >= 0.3 is 0 Å². The number of rotatable bonds is 2. The van der Waals surface area contributed by atoms with Crippen molar-refractivity contribution >= 4 is 30.5 Å². The van der Waals surface area contributed by atoms with E-state index in [9.17, 15) is 0 Å². The first kappa shape index (κ1) is 8.74. The average Bonchev–Trinajstić information content (AvgIpc) is 1.88. The molecule has 57 valence electrons. The third-order valence-corrected chi connectivity index (χ3v) is 2.36. The van der Waals surface area contributed by atoms with E-state index in [-0.39, 0.29) is 4.74 Å². The van der Waals surface area contributed by atoms with Gasteiger partial charge in [0.25, 0.3) is 0 Å². The summed E-state index contributed by atoms with van der Waals surface area (Å²) < 4.78 is -0.261. The lowest BCUT2D eigenvalue weighted by Gasteiger charge is -2.20. The fraction of sp³-hybridized carbons (Fsp3) is 1.00. The summed E-state index contributed by atoms with van der Waals surface area (Å²) in [6.07, 6.45) is 6.66. The van der Waals surface area contributed by atoms with E-state index in [0.29, 0.717) is 5.82 Å². The van der Waals surface area contributed by atoms with Crippen molar-refractivity contribution in [3.63, 3.8) is 0 Å². The number of hydrogen-bond acceptors (Lipinski definition) is 0. The first-order valence-electron chi connectivity index (χ1n) is 3.92. The molecule has 0 aliphatic heterocycles. The van der Waals surface area contributed by atoms with Crippen molar-refractivity contribution in [2.24, 2.45) is 0 Å². The van der Waals surface area contributed by atoms with Crippen LogP contribution in [0, 0.1) is 0 Å². The molecular weight excluding hydrogens is 166 g/mol. The van der Waals surface area contributed by atoms with Crippen molar-refractivity contribution in [1.29, 1.82) is 0 Å². The molecular formula is C7H12BCl2. The highest BCUT2D eigenvalue weighted by atomic mass is 35.5. The van der Waals surface area contributed by atoms with Crippen LogP contribution in [0.15, 0.2) is 0 Å². The van der Waals surface area contributed by atoms with Crippen LogP contribution in [-0.4, -0.2) is 12.0 Å². The molecule has 0 saturated heterocycles. The van der Waals surface area contributed by atoms with Crippen LogP contribution in [0.25, 0.3) is 0 Å². The zero-order valence-electron chi connectivity index (χ0n) is 6.02. The molecule has 1 aliphatic carbocycles. The van der Waals surface area contributed by atoms with Crippen LogP contribution in [0.4, 0.5) is 0 Å². The van der Waals surface area contributed by atoms with Crippen molar-refractivity contribution in [3.8, 4) is 0 Å². The molecule has 0 aromatic carbocycles. The van der Waals surface area contributed by atoms with Gasteiger partial charge in [0.2, 0.25) is 0 Å². The molecule has 3 heteroatoms. The van der Waals surface area contributed by atoms with E-state index < -0.39 is 0 Å². The summed E-state index contributed by atoms with van der Waals surface area (Å²) in [6, 6.07) is 0. The molecule has 0 spiro atoms. The van der Waals surface area contributed by atoms with Crippen molar-refractivity contribution in [3.05, 3.63) is 0 Å². The van der Waals surface area contributed by atoms with Crippen molar-refractivity contribution in [2.75, 3.05) is 0 Å². The highest BCUT2D eigenvalue weighted by Crippen LogP contribution is 2.29. The van der Waals surface area contributed by atoms with Crippen LogP contribution >= 0.6 is 23.2 Å². The molecule has 1 radical (unpaired) electrons. The second-order valence-corrected chi connectivity index (χ2v) is 4.09. The van der Waals surface area contributed by atoms with Crippen LogP contribution in [0.5, 0.6) is 0 Å². The van der Waals surface area contributed by atoms with Gasteiger partial charge in [0, 0.05) is 0 Å². The van der Waals surface area contributed by atoms with Crippen molar-refractivity contribution in [2.45, 2.75) is 42.7 Å². The largest absolute Gasteiger partial charge is 0.158 e. The number of hydrogen-bond donors (Lipinski definition) is 0. The maximum Gasteiger partial charge on any atom is 0.158 e. The number of halogens is 2. The Hall–Kier alpha value is 0.645. The van der Waals surface area contributed by atoms with Crippen molar-refractivity contribution < 1.29 is 0 Å². The van der Waals surface area contributed by atoms with Crippen LogP contribution in [0.1, 0.15) is 32.1 Å². The molecule has 1 saturated carbocycles. The number of alkyl halides is 2. The molecule has 0 bridgehead atoms. The van der Waals surface area contributed by atoms with Gasteiger partial charge in [0.15, 0.2) is 7.28 Å². The van der Waals surface area contributed by atoms with E-state index in [1.807, 2.05) is 0 Å². The first-order valence-corrected chi connectivity index (χ1v) is 4.79. The summed E-state index contributed by atoms with van der Waals surface area (Å²) >= 11 is 11.2. The zero-order valence-corrected chi connectivity index (χ0v) is 7.54. The third-order valence-electron chi connectivity index (χ3n) is 2.07. The lowest BCUT2D eigenvalue weighted by atomic mass is 9.60. The summed E-state index contributed by atoms with van der Waals surface area (Å²) in [5, 5.41) is 0. The quantitative estimate of drug-likeness (QED) is 0.449. The van der Waals surface area contributed by atoms with Crippen LogP contribution in [-0.2, 0) is 0 Å². The Labute approximate surface area is 73.5 Å². The highest BCUT2D eigenvalue weighted by molar-refractivity contribution is 6.69. The van der Waals surface area contributed by atoms with E-state index in [1.54, 1.807) is 0 Å². The molecule has 1 aliphatic rings. The monoisotopic (exact) mass is 177 g/mol. The minimum absolute atomic E-state index is 0.261. The summed E-state index contributed by atoms with van der Waals surface area (Å²) in [4.78, 5) is 0. The fourth-order valence-corrected chi connectivity index (χ4v) is 1.94. The van der Waals surface area contributed by atoms with Crippen molar-refractivity contribution in [1.82, 2.24) is 0 Å². The zero-order chi connectivity index (χ0) is 7.40. The Balaban J connectivity index is 2.13. The second-order valence-electron chi connectivity index (χ2n) is 2.92. The minimum atomic E-state index is -0.261. The lowest BCUT2D eigenvalue weighted by molar-refractivity contribution is 0.500. The van der Waals surface area contributed by atoms with E-state index in [2.05, 4.69) is 7.28 Å². The molecule has 1 fully saturated rings. The Morgan fingerprint density at radius 1 is 1.10 bits per heavy atom. The van der Waals surface area contributed by atoms with E-state index >= 15 is 0 Å². The van der Waals surface area contributed by atoms with E-state index in [4.69, 9.17) is 23.2 Å². The minimum Gasteiger partial charge on any atom is -0.116 e. The highest BCUT2D eigenvalue weighted by Gasteiger charge is 2.17. The van der Waals surface area contributed by atoms with Gasteiger partial charge in [-0.05, 0) is 0 Å². The molecule has 0 aromatic rings. The summed E-state index contributed by atoms with van der Waals surface area (Å²) in [6.45, 7) is 0. The van der Waals surface area contributed by atoms with Crippen LogP contribution < -0.4 is 0 Å². The fourth-order valence-electron chi connectivity index (χ4n) is 1.53. The molecule has 0 atom stereocenters. The lowest BCUT2D eigenvalue weighted by Crippen LogP contribution is -2.13. The summed E-state index contributed by atoms with van der Waals surface area (Å²) in [5.74, 6) is 0.689. The summed E-state index contributed by atoms with van der Waals surface area (Å²) in [7, 11) is 2.06. The van der Waals surface area contributed by atoms with Gasteiger partial charge in [-0.1, -0.05) is 37.9 Å². The molecule has 0 heterocycles. The SMILES string of the molecule is ClC(Cl)[B]C1CCCCC1. The molecule has 1 rings (SSSR count). The van der Waals surface area contributed by atoms with Gasteiger partial charge in [-0.3, -0.25) is 0 Å². The maximum absolute atomic E-state index is 5.62. The Kier molecular flexibility index (Phi) is 3.94. The van der Waals surface area contributed by atoms with Gasteiger partial charge in [0.1, 0.15) is 0 Å². The standard InChI is InChI=1S/C7H12BCl2/c9-7(10)8-6-4-2-1-3-5-6/h6-7H,1-5H2. The molecule has 0 aromatic heterocycles. The van der Waals surface area contributed by atoms with Gasteiger partial charge < -0.3 is 0 Å². The van der Waals surface area contributed by atoms with E-state index in [1.165, 1.54) is 32.1 Å². The Bertz CT molecular complexity index is 89.6. The van der Waals surface area contributed by atoms with E-state index in [0.717, 1.165) is 0 Å². The van der Waals surface area contributed by atoms with Gasteiger partial charge in [-0.15, -0.1) is 23.2 Å². The van der Waals surface area contributed by atoms with Gasteiger partial charge in [-0.25, -0.2) is 0 Å². The smallest absolute Gasteiger partial charge is 0.116 e. The Morgan fingerprint density at radius 3 is 2.20 bits per heavy atom. The first-order chi connectivity index (χ1) is 4.79. The molecule has 0 N–H and O–H groups in total. The predicted molar refractivity (Wildman–Crippen MR) is 48.1 cm³/mol. The van der Waals surface area contributed by atoms with Gasteiger partial charge in [0.05, 0.1) is 4.74 Å². The summed E-state index contributed by atoms with van der Waals surface area (Å²) in [5.41, 5.74) is 0. The predicted octanol–water partition coefficient (Wildman–Crippen LogP) is 3.20. The molecule has 10 heavy (non-hydrogen) atoms. The Morgan fingerprint density at radius 2 is 1.70 bits per heavy atom. The molecule has 0 unspecified atom stereocenters. The molecule has 0 nitrogen and oxygen atoms in total. The maximum atomic E-state index is 5.62. The third kappa shape index (κ3) is 3.16. The van der Waals surface area contributed by atoms with Crippen LogP contribution in [0.3, 0.4) is 0 Å². The normalized spacial score (nSPS) is 21.5. The topological polar surface area (TPSA) is 0 Å². The van der Waals surface area contributed by atoms with Gasteiger partial charge in [-0.2, -0.15) is 0 Å².